The molecule has 1 aliphatic rings. The van der Waals surface area contributed by atoms with Crippen molar-refractivity contribution >= 4 is 21.8 Å². The third-order valence-electron chi connectivity index (χ3n) is 4.09. The van der Waals surface area contributed by atoms with Gasteiger partial charge in [-0.1, -0.05) is 15.9 Å². The number of ether oxygens (including phenoxy) is 4. The lowest BCUT2D eigenvalue weighted by Gasteiger charge is -2.22. The molecule has 6 nitrogen and oxygen atoms in total. The van der Waals surface area contributed by atoms with Gasteiger partial charge in [-0.3, -0.25) is 4.79 Å². The molecule has 1 amide bonds. The molecule has 26 heavy (non-hydrogen) atoms. The molecule has 0 saturated heterocycles. The number of nitrogens with one attached hydrogen (secondary N) is 1. The smallest absolute Gasteiger partial charge is 0.252 e. The minimum atomic E-state index is -0.245. The van der Waals surface area contributed by atoms with Crippen LogP contribution < -0.4 is 24.3 Å². The molecule has 2 aromatic rings. The van der Waals surface area contributed by atoms with E-state index in [9.17, 15) is 4.79 Å². The maximum Gasteiger partial charge on any atom is 0.252 e. The van der Waals surface area contributed by atoms with Crippen LogP contribution in [0.25, 0.3) is 0 Å². The molecular formula is C19H20BrNO5. The van der Waals surface area contributed by atoms with Crippen molar-refractivity contribution in [1.82, 2.24) is 5.32 Å². The summed E-state index contributed by atoms with van der Waals surface area (Å²) in [6.45, 7) is 2.95. The first-order valence-corrected chi connectivity index (χ1v) is 8.94. The van der Waals surface area contributed by atoms with Gasteiger partial charge in [0.1, 0.15) is 24.7 Å². The monoisotopic (exact) mass is 421 g/mol. The quantitative estimate of drug-likeness (QED) is 0.796. The average molecular weight is 422 g/mol. The third kappa shape index (κ3) is 3.88. The molecule has 0 spiro atoms. The molecule has 1 atom stereocenters. The standard InChI is InChI=1S/C19H20BrNO5/c1-11(15-9-17-18(10-16(15)20)26-5-4-25-17)21-19(22)12-6-13(23-2)8-14(7-12)24-3/h6-11H,4-5H2,1-3H3,(H,21,22). The summed E-state index contributed by atoms with van der Waals surface area (Å²) in [6.07, 6.45) is 0. The van der Waals surface area contributed by atoms with Crippen LogP contribution in [0, 0.1) is 0 Å². The van der Waals surface area contributed by atoms with Crippen molar-refractivity contribution in [1.29, 1.82) is 0 Å². The Kier molecular flexibility index (Phi) is 5.56. The number of amides is 1. The van der Waals surface area contributed by atoms with Crippen LogP contribution in [0.5, 0.6) is 23.0 Å². The third-order valence-corrected chi connectivity index (χ3v) is 4.78. The van der Waals surface area contributed by atoms with Crippen molar-refractivity contribution in [2.75, 3.05) is 27.4 Å². The van der Waals surface area contributed by atoms with Gasteiger partial charge >= 0.3 is 0 Å². The molecule has 0 fully saturated rings. The van der Waals surface area contributed by atoms with Gasteiger partial charge in [-0.05, 0) is 36.8 Å². The number of benzene rings is 2. The van der Waals surface area contributed by atoms with Crippen molar-refractivity contribution in [3.05, 3.63) is 45.9 Å². The van der Waals surface area contributed by atoms with Gasteiger partial charge in [-0.2, -0.15) is 0 Å². The molecule has 1 heterocycles. The summed E-state index contributed by atoms with van der Waals surface area (Å²) in [4.78, 5) is 12.7. The summed E-state index contributed by atoms with van der Waals surface area (Å²) in [7, 11) is 3.09. The van der Waals surface area contributed by atoms with Crippen LogP contribution in [-0.4, -0.2) is 33.3 Å². The lowest BCUT2D eigenvalue weighted by atomic mass is 10.1. The Morgan fingerprint density at radius 2 is 1.62 bits per heavy atom. The summed E-state index contributed by atoms with van der Waals surface area (Å²) in [5.74, 6) is 2.27. The van der Waals surface area contributed by atoms with Gasteiger partial charge in [-0.15, -0.1) is 0 Å². The summed E-state index contributed by atoms with van der Waals surface area (Å²) >= 11 is 3.54. The molecule has 0 aliphatic carbocycles. The van der Waals surface area contributed by atoms with Gasteiger partial charge in [-0.25, -0.2) is 0 Å². The van der Waals surface area contributed by atoms with E-state index in [1.54, 1.807) is 32.4 Å². The Balaban J connectivity index is 1.81. The van der Waals surface area contributed by atoms with Gasteiger partial charge in [0.2, 0.25) is 0 Å². The number of carbonyl (C=O) groups is 1. The van der Waals surface area contributed by atoms with Crippen molar-refractivity contribution < 1.29 is 23.7 Å². The Bertz CT molecular complexity index is 802. The van der Waals surface area contributed by atoms with Crippen LogP contribution in [0.3, 0.4) is 0 Å². The summed E-state index contributed by atoms with van der Waals surface area (Å²) in [5, 5.41) is 2.99. The molecule has 0 radical (unpaired) electrons. The minimum Gasteiger partial charge on any atom is -0.497 e. The highest BCUT2D eigenvalue weighted by Gasteiger charge is 2.20. The maximum absolute atomic E-state index is 12.7. The average Bonchev–Trinajstić information content (AvgIpc) is 2.66. The summed E-state index contributed by atoms with van der Waals surface area (Å²) < 4.78 is 22.5. The number of halogens is 1. The fraction of sp³-hybridized carbons (Fsp3) is 0.316. The molecule has 1 unspecified atom stereocenters. The SMILES string of the molecule is COc1cc(OC)cc(C(=O)NC(C)c2cc3c(cc2Br)OCCO3)c1. The zero-order valence-electron chi connectivity index (χ0n) is 14.8. The van der Waals surface area contributed by atoms with Crippen LogP contribution in [0.2, 0.25) is 0 Å². The predicted octanol–water partition coefficient (Wildman–Crippen LogP) is 3.73. The first kappa shape index (κ1) is 18.4. The van der Waals surface area contributed by atoms with E-state index in [1.165, 1.54) is 0 Å². The number of carbonyl (C=O) groups excluding carboxylic acids is 1. The number of methoxy groups -OCH3 is 2. The molecule has 138 valence electrons. The lowest BCUT2D eigenvalue weighted by Crippen LogP contribution is -2.27. The molecule has 0 bridgehead atoms. The van der Waals surface area contributed by atoms with E-state index >= 15 is 0 Å². The van der Waals surface area contributed by atoms with Crippen molar-refractivity contribution in [3.8, 4) is 23.0 Å². The maximum atomic E-state index is 12.7. The molecule has 0 aromatic heterocycles. The highest BCUT2D eigenvalue weighted by molar-refractivity contribution is 9.10. The van der Waals surface area contributed by atoms with Crippen molar-refractivity contribution in [3.63, 3.8) is 0 Å². The first-order chi connectivity index (χ1) is 12.5. The first-order valence-electron chi connectivity index (χ1n) is 8.14. The second-order valence-electron chi connectivity index (χ2n) is 5.81. The van der Waals surface area contributed by atoms with E-state index in [2.05, 4.69) is 21.2 Å². The molecule has 1 aliphatic heterocycles. The topological polar surface area (TPSA) is 66.0 Å². The molecular weight excluding hydrogens is 402 g/mol. The number of fused-ring (bicyclic) bond motifs is 1. The molecule has 7 heteroatoms. The second-order valence-corrected chi connectivity index (χ2v) is 6.67. The van der Waals surface area contributed by atoms with Gasteiger partial charge in [0, 0.05) is 16.1 Å². The van der Waals surface area contributed by atoms with Gasteiger partial charge in [0.15, 0.2) is 11.5 Å². The number of hydrogen-bond acceptors (Lipinski definition) is 5. The summed E-state index contributed by atoms with van der Waals surface area (Å²) in [5.41, 5.74) is 1.36. The molecule has 1 N–H and O–H groups in total. The molecule has 3 rings (SSSR count). The highest BCUT2D eigenvalue weighted by atomic mass is 79.9. The van der Waals surface area contributed by atoms with Crippen molar-refractivity contribution in [2.45, 2.75) is 13.0 Å². The van der Waals surface area contributed by atoms with Crippen LogP contribution in [-0.2, 0) is 0 Å². The summed E-state index contributed by atoms with van der Waals surface area (Å²) in [6, 6.07) is 8.56. The molecule has 2 aromatic carbocycles. The van der Waals surface area contributed by atoms with E-state index in [0.29, 0.717) is 41.8 Å². The number of hydrogen-bond donors (Lipinski definition) is 1. The highest BCUT2D eigenvalue weighted by Crippen LogP contribution is 2.37. The Labute approximate surface area is 160 Å². The van der Waals surface area contributed by atoms with Crippen LogP contribution in [0.1, 0.15) is 28.9 Å². The number of rotatable bonds is 5. The lowest BCUT2D eigenvalue weighted by molar-refractivity contribution is 0.0939. The van der Waals surface area contributed by atoms with Crippen LogP contribution >= 0.6 is 15.9 Å². The van der Waals surface area contributed by atoms with Crippen LogP contribution in [0.15, 0.2) is 34.8 Å². The fourth-order valence-corrected chi connectivity index (χ4v) is 3.37. The van der Waals surface area contributed by atoms with Gasteiger partial charge in [0.05, 0.1) is 20.3 Å². The van der Waals surface area contributed by atoms with Gasteiger partial charge in [0.25, 0.3) is 5.91 Å². The zero-order valence-corrected chi connectivity index (χ0v) is 16.4. The van der Waals surface area contributed by atoms with Gasteiger partial charge < -0.3 is 24.3 Å². The Morgan fingerprint density at radius 3 is 2.19 bits per heavy atom. The van der Waals surface area contributed by atoms with Crippen molar-refractivity contribution in [2.24, 2.45) is 0 Å². The van der Waals surface area contributed by atoms with E-state index in [4.69, 9.17) is 18.9 Å². The van der Waals surface area contributed by atoms with E-state index in [-0.39, 0.29) is 11.9 Å². The predicted molar refractivity (Wildman–Crippen MR) is 101 cm³/mol. The Morgan fingerprint density at radius 1 is 1.04 bits per heavy atom. The zero-order chi connectivity index (χ0) is 18.7. The molecule has 0 saturated carbocycles. The Hall–Kier alpha value is -2.41. The van der Waals surface area contributed by atoms with E-state index in [0.717, 1.165) is 10.0 Å². The minimum absolute atomic E-state index is 0.225. The second kappa shape index (κ2) is 7.86. The van der Waals surface area contributed by atoms with Crippen LogP contribution in [0.4, 0.5) is 0 Å². The normalized spacial score (nSPS) is 13.7. The van der Waals surface area contributed by atoms with E-state index in [1.807, 2.05) is 19.1 Å². The fourth-order valence-electron chi connectivity index (χ4n) is 2.71. The largest absolute Gasteiger partial charge is 0.497 e. The van der Waals surface area contributed by atoms with E-state index < -0.39 is 0 Å².